The van der Waals surface area contributed by atoms with Crippen molar-refractivity contribution in [2.75, 3.05) is 33.4 Å². The van der Waals surface area contributed by atoms with Gasteiger partial charge in [0.15, 0.2) is 0 Å². The van der Waals surface area contributed by atoms with Gasteiger partial charge in [0.2, 0.25) is 0 Å². The van der Waals surface area contributed by atoms with Crippen LogP contribution in [0.4, 0.5) is 0 Å². The number of aliphatic carboxylic acids is 1. The maximum Gasteiger partial charge on any atom is 0.321 e. The van der Waals surface area contributed by atoms with Gasteiger partial charge in [-0.25, -0.2) is 0 Å². The third-order valence-electron chi connectivity index (χ3n) is 3.43. The zero-order valence-electron chi connectivity index (χ0n) is 11.3. The molecule has 1 aliphatic rings. The largest absolute Gasteiger partial charge is 0.496 e. The van der Waals surface area contributed by atoms with Crippen LogP contribution in [-0.4, -0.2) is 55.4 Å². The van der Waals surface area contributed by atoms with Gasteiger partial charge in [0.25, 0.3) is 0 Å². The van der Waals surface area contributed by atoms with E-state index in [1.807, 2.05) is 4.90 Å². The van der Waals surface area contributed by atoms with Crippen molar-refractivity contribution in [2.24, 2.45) is 0 Å². The summed E-state index contributed by atoms with van der Waals surface area (Å²) in [7, 11) is 1.57. The van der Waals surface area contributed by atoms with Crippen LogP contribution in [-0.2, 0) is 16.0 Å². The molecule has 0 amide bonds. The van der Waals surface area contributed by atoms with Crippen LogP contribution in [0.1, 0.15) is 5.56 Å². The standard InChI is InChI=1S/C14H18ClNO4/c1-19-13-3-2-11(15)8-10(13)9-12(14(17)18)16-4-6-20-7-5-16/h2-3,8,12H,4-7,9H2,1H3,(H,17,18)/t12-/m1/s1. The Hall–Kier alpha value is -1.30. The van der Waals surface area contributed by atoms with Crippen molar-refractivity contribution in [3.05, 3.63) is 28.8 Å². The van der Waals surface area contributed by atoms with E-state index in [1.165, 1.54) is 0 Å². The molecule has 1 fully saturated rings. The highest BCUT2D eigenvalue weighted by Gasteiger charge is 2.28. The molecule has 0 radical (unpaired) electrons. The molecule has 2 rings (SSSR count). The van der Waals surface area contributed by atoms with Gasteiger partial charge in [0.05, 0.1) is 20.3 Å². The molecule has 0 aromatic heterocycles. The van der Waals surface area contributed by atoms with Crippen LogP contribution in [0.25, 0.3) is 0 Å². The summed E-state index contributed by atoms with van der Waals surface area (Å²) >= 11 is 5.99. The molecule has 6 heteroatoms. The second-order valence-electron chi connectivity index (χ2n) is 4.66. The smallest absolute Gasteiger partial charge is 0.321 e. The predicted molar refractivity (Wildman–Crippen MR) is 75.5 cm³/mol. The molecule has 1 aliphatic heterocycles. The van der Waals surface area contributed by atoms with E-state index in [0.29, 0.717) is 43.5 Å². The summed E-state index contributed by atoms with van der Waals surface area (Å²) in [5, 5.41) is 10.0. The van der Waals surface area contributed by atoms with Crippen molar-refractivity contribution in [1.29, 1.82) is 0 Å². The van der Waals surface area contributed by atoms with Gasteiger partial charge < -0.3 is 14.6 Å². The zero-order valence-corrected chi connectivity index (χ0v) is 12.1. The summed E-state index contributed by atoms with van der Waals surface area (Å²) in [6.45, 7) is 2.38. The third-order valence-corrected chi connectivity index (χ3v) is 3.66. The Morgan fingerprint density at radius 1 is 1.50 bits per heavy atom. The van der Waals surface area contributed by atoms with E-state index < -0.39 is 12.0 Å². The molecule has 1 aromatic carbocycles. The van der Waals surface area contributed by atoms with E-state index in [2.05, 4.69) is 0 Å². The lowest BCUT2D eigenvalue weighted by Crippen LogP contribution is -2.48. The highest BCUT2D eigenvalue weighted by Crippen LogP contribution is 2.25. The van der Waals surface area contributed by atoms with E-state index in [1.54, 1.807) is 25.3 Å². The molecule has 1 saturated heterocycles. The fourth-order valence-corrected chi connectivity index (χ4v) is 2.57. The van der Waals surface area contributed by atoms with Crippen molar-refractivity contribution in [1.82, 2.24) is 4.90 Å². The highest BCUT2D eigenvalue weighted by molar-refractivity contribution is 6.30. The molecule has 0 unspecified atom stereocenters. The molecule has 1 atom stereocenters. The number of rotatable bonds is 5. The first-order valence-corrected chi connectivity index (χ1v) is 6.86. The van der Waals surface area contributed by atoms with Crippen molar-refractivity contribution in [3.63, 3.8) is 0 Å². The van der Waals surface area contributed by atoms with E-state index in [4.69, 9.17) is 21.1 Å². The summed E-state index contributed by atoms with van der Waals surface area (Å²) in [5.41, 5.74) is 0.805. The molecule has 0 saturated carbocycles. The Balaban J connectivity index is 2.19. The van der Waals surface area contributed by atoms with Crippen molar-refractivity contribution < 1.29 is 19.4 Å². The average Bonchev–Trinajstić information content (AvgIpc) is 2.45. The Morgan fingerprint density at radius 3 is 2.80 bits per heavy atom. The van der Waals surface area contributed by atoms with Gasteiger partial charge in [-0.05, 0) is 23.8 Å². The highest BCUT2D eigenvalue weighted by atomic mass is 35.5. The second kappa shape index (κ2) is 6.92. The van der Waals surface area contributed by atoms with E-state index >= 15 is 0 Å². The Bertz CT molecular complexity index is 474. The minimum atomic E-state index is -0.839. The number of morpholine rings is 1. The minimum absolute atomic E-state index is 0.360. The zero-order chi connectivity index (χ0) is 14.5. The Morgan fingerprint density at radius 2 is 2.20 bits per heavy atom. The molecule has 0 aliphatic carbocycles. The number of benzene rings is 1. The molecule has 20 heavy (non-hydrogen) atoms. The monoisotopic (exact) mass is 299 g/mol. The quantitative estimate of drug-likeness (QED) is 0.896. The van der Waals surface area contributed by atoms with E-state index in [0.717, 1.165) is 5.56 Å². The average molecular weight is 300 g/mol. The lowest BCUT2D eigenvalue weighted by atomic mass is 10.0. The van der Waals surface area contributed by atoms with Gasteiger partial charge in [0.1, 0.15) is 11.8 Å². The Kier molecular flexibility index (Phi) is 5.23. The molecular weight excluding hydrogens is 282 g/mol. The van der Waals surface area contributed by atoms with Gasteiger partial charge in [0, 0.05) is 24.5 Å². The van der Waals surface area contributed by atoms with Crippen LogP contribution in [0.5, 0.6) is 5.75 Å². The summed E-state index contributed by atoms with van der Waals surface area (Å²) in [5.74, 6) is -0.178. The summed E-state index contributed by atoms with van der Waals surface area (Å²) in [6, 6.07) is 4.66. The number of nitrogens with zero attached hydrogens (tertiary/aromatic N) is 1. The number of carboxylic acid groups (broad SMARTS) is 1. The number of hydrogen-bond donors (Lipinski definition) is 1. The summed E-state index contributed by atoms with van der Waals surface area (Å²) in [4.78, 5) is 13.5. The molecule has 0 bridgehead atoms. The fourth-order valence-electron chi connectivity index (χ4n) is 2.38. The number of methoxy groups -OCH3 is 1. The second-order valence-corrected chi connectivity index (χ2v) is 5.10. The van der Waals surface area contributed by atoms with Gasteiger partial charge in [-0.3, -0.25) is 9.69 Å². The number of carboxylic acids is 1. The first kappa shape index (κ1) is 15.1. The molecule has 5 nitrogen and oxygen atoms in total. The van der Waals surface area contributed by atoms with Crippen molar-refractivity contribution >= 4 is 17.6 Å². The fraction of sp³-hybridized carbons (Fsp3) is 0.500. The molecular formula is C14H18ClNO4. The lowest BCUT2D eigenvalue weighted by molar-refractivity contribution is -0.145. The van der Waals surface area contributed by atoms with Crippen LogP contribution < -0.4 is 4.74 Å². The molecule has 1 N–H and O–H groups in total. The SMILES string of the molecule is COc1ccc(Cl)cc1C[C@H](C(=O)O)N1CCOCC1. The number of hydrogen-bond acceptors (Lipinski definition) is 4. The molecule has 0 spiro atoms. The van der Waals surface area contributed by atoms with Gasteiger partial charge >= 0.3 is 5.97 Å². The van der Waals surface area contributed by atoms with E-state index in [-0.39, 0.29) is 0 Å². The first-order chi connectivity index (χ1) is 9.61. The number of halogens is 1. The maximum absolute atomic E-state index is 11.5. The van der Waals surface area contributed by atoms with E-state index in [9.17, 15) is 9.90 Å². The molecule has 1 heterocycles. The topological polar surface area (TPSA) is 59.0 Å². The normalized spacial score (nSPS) is 17.7. The van der Waals surface area contributed by atoms with Gasteiger partial charge in [-0.15, -0.1) is 0 Å². The lowest BCUT2D eigenvalue weighted by Gasteiger charge is -2.32. The summed E-state index contributed by atoms with van der Waals surface area (Å²) < 4.78 is 10.5. The number of ether oxygens (including phenoxy) is 2. The van der Waals surface area contributed by atoms with Crippen molar-refractivity contribution in [3.8, 4) is 5.75 Å². The van der Waals surface area contributed by atoms with Gasteiger partial charge in [-0.1, -0.05) is 11.6 Å². The third kappa shape index (κ3) is 3.62. The predicted octanol–water partition coefficient (Wildman–Crippen LogP) is 1.68. The minimum Gasteiger partial charge on any atom is -0.496 e. The van der Waals surface area contributed by atoms with Crippen LogP contribution in [0, 0.1) is 0 Å². The number of carbonyl (C=O) groups is 1. The van der Waals surface area contributed by atoms with Crippen LogP contribution in [0.2, 0.25) is 5.02 Å². The first-order valence-electron chi connectivity index (χ1n) is 6.49. The van der Waals surface area contributed by atoms with Crippen LogP contribution in [0.3, 0.4) is 0 Å². The van der Waals surface area contributed by atoms with Crippen LogP contribution in [0.15, 0.2) is 18.2 Å². The molecule has 110 valence electrons. The Labute approximate surface area is 123 Å². The maximum atomic E-state index is 11.5. The van der Waals surface area contributed by atoms with Crippen molar-refractivity contribution in [2.45, 2.75) is 12.5 Å². The summed E-state index contributed by atoms with van der Waals surface area (Å²) in [6.07, 6.45) is 0.360. The molecule has 1 aromatic rings. The van der Waals surface area contributed by atoms with Gasteiger partial charge in [-0.2, -0.15) is 0 Å². The van der Waals surface area contributed by atoms with Crippen LogP contribution >= 0.6 is 11.6 Å².